The molecule has 0 aliphatic carbocycles. The second-order valence-electron chi connectivity index (χ2n) is 4.62. The van der Waals surface area contributed by atoms with Crippen LogP contribution in [0.1, 0.15) is 32.4 Å². The largest absolute Gasteiger partial charge is 0.352 e. The smallest absolute Gasteiger partial charge is 0.147 e. The van der Waals surface area contributed by atoms with Crippen molar-refractivity contribution >= 4 is 5.82 Å². The standard InChI is InChI=1S/C12H20N4/c1-9-4-3-5-16(10(9)2)12-8-14-11(6-13)7-15-12/h7-10H,3-6,13H2,1-2H3. The van der Waals surface area contributed by atoms with Gasteiger partial charge in [0.05, 0.1) is 18.1 Å². The molecule has 16 heavy (non-hydrogen) atoms. The van der Waals surface area contributed by atoms with Gasteiger partial charge in [-0.15, -0.1) is 0 Å². The van der Waals surface area contributed by atoms with Crippen molar-refractivity contribution in [3.8, 4) is 0 Å². The number of piperidine rings is 1. The summed E-state index contributed by atoms with van der Waals surface area (Å²) in [5.41, 5.74) is 6.36. The fraction of sp³-hybridized carbons (Fsp3) is 0.667. The summed E-state index contributed by atoms with van der Waals surface area (Å²) in [5, 5.41) is 0. The molecule has 0 radical (unpaired) electrons. The first-order chi connectivity index (χ1) is 7.72. The van der Waals surface area contributed by atoms with Gasteiger partial charge in [0.2, 0.25) is 0 Å². The molecule has 0 aromatic carbocycles. The summed E-state index contributed by atoms with van der Waals surface area (Å²) in [6, 6.07) is 0.548. The van der Waals surface area contributed by atoms with Crippen LogP contribution in [0.5, 0.6) is 0 Å². The van der Waals surface area contributed by atoms with Gasteiger partial charge in [-0.3, -0.25) is 4.98 Å². The number of nitrogens with two attached hydrogens (primary N) is 1. The topological polar surface area (TPSA) is 55.0 Å². The first-order valence-electron chi connectivity index (χ1n) is 6.00. The number of rotatable bonds is 2. The van der Waals surface area contributed by atoms with Gasteiger partial charge in [0.1, 0.15) is 5.82 Å². The van der Waals surface area contributed by atoms with E-state index in [2.05, 4.69) is 28.7 Å². The fourth-order valence-electron chi connectivity index (χ4n) is 2.26. The molecular formula is C12H20N4. The van der Waals surface area contributed by atoms with Gasteiger partial charge in [0.25, 0.3) is 0 Å². The van der Waals surface area contributed by atoms with Crippen LogP contribution in [0.15, 0.2) is 12.4 Å². The molecule has 0 saturated carbocycles. The minimum absolute atomic E-state index is 0.458. The van der Waals surface area contributed by atoms with E-state index in [0.717, 1.165) is 24.0 Å². The average molecular weight is 220 g/mol. The van der Waals surface area contributed by atoms with Crippen LogP contribution >= 0.6 is 0 Å². The first-order valence-corrected chi connectivity index (χ1v) is 6.00. The van der Waals surface area contributed by atoms with E-state index >= 15 is 0 Å². The first kappa shape index (κ1) is 11.3. The number of aromatic nitrogens is 2. The van der Waals surface area contributed by atoms with Gasteiger partial charge in [-0.05, 0) is 25.7 Å². The molecule has 2 atom stereocenters. The van der Waals surface area contributed by atoms with Crippen molar-refractivity contribution < 1.29 is 0 Å². The zero-order valence-electron chi connectivity index (χ0n) is 10.1. The Morgan fingerprint density at radius 3 is 2.81 bits per heavy atom. The van der Waals surface area contributed by atoms with Crippen molar-refractivity contribution in [1.29, 1.82) is 0 Å². The molecule has 1 aromatic rings. The number of nitrogens with zero attached hydrogens (tertiary/aromatic N) is 3. The molecule has 88 valence electrons. The van der Waals surface area contributed by atoms with Crippen LogP contribution in [0, 0.1) is 5.92 Å². The SMILES string of the molecule is CC1CCCN(c2cnc(CN)cn2)C1C. The normalized spacial score (nSPS) is 25.8. The second-order valence-corrected chi connectivity index (χ2v) is 4.62. The maximum atomic E-state index is 5.51. The third-order valence-corrected chi connectivity index (χ3v) is 3.57. The Morgan fingerprint density at radius 2 is 2.19 bits per heavy atom. The van der Waals surface area contributed by atoms with E-state index < -0.39 is 0 Å². The molecule has 4 heteroatoms. The van der Waals surface area contributed by atoms with Crippen molar-refractivity contribution in [1.82, 2.24) is 9.97 Å². The lowest BCUT2D eigenvalue weighted by Gasteiger charge is -2.38. The minimum atomic E-state index is 0.458. The Labute approximate surface area is 96.9 Å². The van der Waals surface area contributed by atoms with Gasteiger partial charge in [-0.2, -0.15) is 0 Å². The van der Waals surface area contributed by atoms with Crippen molar-refractivity contribution in [2.24, 2.45) is 11.7 Å². The van der Waals surface area contributed by atoms with Crippen LogP contribution in [0.25, 0.3) is 0 Å². The molecule has 2 N–H and O–H groups in total. The van der Waals surface area contributed by atoms with E-state index in [-0.39, 0.29) is 0 Å². The van der Waals surface area contributed by atoms with E-state index in [9.17, 15) is 0 Å². The molecular weight excluding hydrogens is 200 g/mol. The lowest BCUT2D eigenvalue weighted by atomic mass is 9.92. The maximum absolute atomic E-state index is 5.51. The molecule has 1 aliphatic rings. The predicted octanol–water partition coefficient (Wildman–Crippen LogP) is 1.56. The summed E-state index contributed by atoms with van der Waals surface area (Å²) in [5.74, 6) is 1.71. The van der Waals surface area contributed by atoms with Crippen LogP contribution in [0.4, 0.5) is 5.82 Å². The average Bonchev–Trinajstić information content (AvgIpc) is 2.33. The van der Waals surface area contributed by atoms with Crippen molar-refractivity contribution in [2.45, 2.75) is 39.3 Å². The Kier molecular flexibility index (Phi) is 3.39. The highest BCUT2D eigenvalue weighted by Crippen LogP contribution is 2.26. The van der Waals surface area contributed by atoms with Crippen LogP contribution in [0.2, 0.25) is 0 Å². The maximum Gasteiger partial charge on any atom is 0.147 e. The lowest BCUT2D eigenvalue weighted by molar-refractivity contribution is 0.361. The Bertz CT molecular complexity index is 335. The van der Waals surface area contributed by atoms with Crippen molar-refractivity contribution in [3.63, 3.8) is 0 Å². The van der Waals surface area contributed by atoms with Gasteiger partial charge in [0.15, 0.2) is 0 Å². The molecule has 2 unspecified atom stereocenters. The molecule has 1 fully saturated rings. The van der Waals surface area contributed by atoms with E-state index in [1.165, 1.54) is 12.8 Å². The summed E-state index contributed by atoms with van der Waals surface area (Å²) >= 11 is 0. The van der Waals surface area contributed by atoms with Crippen LogP contribution in [-0.4, -0.2) is 22.6 Å². The Hall–Kier alpha value is -1.16. The quantitative estimate of drug-likeness (QED) is 0.821. The van der Waals surface area contributed by atoms with Crippen molar-refractivity contribution in [3.05, 3.63) is 18.1 Å². The van der Waals surface area contributed by atoms with Crippen LogP contribution < -0.4 is 10.6 Å². The van der Waals surface area contributed by atoms with Crippen LogP contribution in [0.3, 0.4) is 0 Å². The van der Waals surface area contributed by atoms with Gasteiger partial charge < -0.3 is 10.6 Å². The van der Waals surface area contributed by atoms with Gasteiger partial charge in [-0.1, -0.05) is 6.92 Å². The van der Waals surface area contributed by atoms with E-state index in [1.54, 1.807) is 6.20 Å². The Balaban J connectivity index is 2.15. The third kappa shape index (κ3) is 2.16. The highest BCUT2D eigenvalue weighted by molar-refractivity contribution is 5.38. The zero-order valence-corrected chi connectivity index (χ0v) is 10.1. The molecule has 1 aromatic heterocycles. The molecule has 0 spiro atoms. The molecule has 2 heterocycles. The second kappa shape index (κ2) is 4.78. The molecule has 1 saturated heterocycles. The van der Waals surface area contributed by atoms with Gasteiger partial charge in [0, 0.05) is 19.1 Å². The summed E-state index contributed by atoms with van der Waals surface area (Å²) in [6.45, 7) is 6.11. The fourth-order valence-corrected chi connectivity index (χ4v) is 2.26. The summed E-state index contributed by atoms with van der Waals surface area (Å²) < 4.78 is 0. The molecule has 2 rings (SSSR count). The highest BCUT2D eigenvalue weighted by atomic mass is 15.2. The van der Waals surface area contributed by atoms with Crippen LogP contribution in [-0.2, 0) is 6.54 Å². The van der Waals surface area contributed by atoms with Gasteiger partial charge >= 0.3 is 0 Å². The predicted molar refractivity (Wildman–Crippen MR) is 65.1 cm³/mol. The Morgan fingerprint density at radius 1 is 1.38 bits per heavy atom. The molecule has 1 aliphatic heterocycles. The molecule has 0 bridgehead atoms. The zero-order chi connectivity index (χ0) is 11.5. The summed E-state index contributed by atoms with van der Waals surface area (Å²) in [7, 11) is 0. The molecule has 4 nitrogen and oxygen atoms in total. The van der Waals surface area contributed by atoms with E-state index in [0.29, 0.717) is 12.6 Å². The number of hydrogen-bond acceptors (Lipinski definition) is 4. The van der Waals surface area contributed by atoms with Crippen molar-refractivity contribution in [2.75, 3.05) is 11.4 Å². The number of anilines is 1. The number of hydrogen-bond donors (Lipinski definition) is 1. The van der Waals surface area contributed by atoms with E-state index in [1.807, 2.05) is 6.20 Å². The summed E-state index contributed by atoms with van der Waals surface area (Å²) in [6.07, 6.45) is 6.18. The third-order valence-electron chi connectivity index (χ3n) is 3.57. The van der Waals surface area contributed by atoms with Gasteiger partial charge in [-0.25, -0.2) is 4.98 Å². The minimum Gasteiger partial charge on any atom is -0.352 e. The summed E-state index contributed by atoms with van der Waals surface area (Å²) in [4.78, 5) is 11.1. The highest BCUT2D eigenvalue weighted by Gasteiger charge is 2.25. The van der Waals surface area contributed by atoms with E-state index in [4.69, 9.17) is 5.73 Å². The lowest BCUT2D eigenvalue weighted by Crippen LogP contribution is -2.43. The monoisotopic (exact) mass is 220 g/mol. The molecule has 0 amide bonds.